The van der Waals surface area contributed by atoms with E-state index in [0.29, 0.717) is 22.6 Å². The Hall–Kier alpha value is -3.13. The summed E-state index contributed by atoms with van der Waals surface area (Å²) in [6, 6.07) is 6.50. The molecule has 0 aliphatic carbocycles. The lowest BCUT2D eigenvalue weighted by Gasteiger charge is -2.12. The number of methoxy groups -OCH3 is 2. The van der Waals surface area contributed by atoms with Crippen molar-refractivity contribution in [3.8, 4) is 16.9 Å². The van der Waals surface area contributed by atoms with E-state index in [-0.39, 0.29) is 30.5 Å². The van der Waals surface area contributed by atoms with E-state index in [1.54, 1.807) is 52.1 Å². The molecule has 0 saturated carbocycles. The Labute approximate surface area is 169 Å². The number of aromatic nitrogens is 1. The zero-order valence-corrected chi connectivity index (χ0v) is 17.3. The van der Waals surface area contributed by atoms with E-state index in [2.05, 4.69) is 10.3 Å². The number of hydrogen-bond donors (Lipinski definition) is 2. The molecule has 1 atom stereocenters. The van der Waals surface area contributed by atoms with Crippen molar-refractivity contribution in [3.05, 3.63) is 41.2 Å². The number of aryl methyl sites for hydroxylation is 1. The van der Waals surface area contributed by atoms with Crippen LogP contribution in [0.15, 0.2) is 24.3 Å². The molecule has 0 aliphatic rings. The number of amides is 1. The highest BCUT2D eigenvalue weighted by Gasteiger charge is 2.30. The van der Waals surface area contributed by atoms with Crippen LogP contribution in [0.1, 0.15) is 40.4 Å². The molecule has 1 amide bonds. The van der Waals surface area contributed by atoms with Crippen molar-refractivity contribution in [2.75, 3.05) is 27.4 Å². The van der Waals surface area contributed by atoms with Crippen molar-refractivity contribution in [3.63, 3.8) is 0 Å². The number of esters is 1. The first kappa shape index (κ1) is 22.2. The molecule has 2 N–H and O–H groups in total. The van der Waals surface area contributed by atoms with Crippen LogP contribution in [0.25, 0.3) is 11.1 Å². The monoisotopic (exact) mass is 402 g/mol. The van der Waals surface area contributed by atoms with Gasteiger partial charge in [-0.1, -0.05) is 12.1 Å². The second-order valence-electron chi connectivity index (χ2n) is 6.48. The van der Waals surface area contributed by atoms with Crippen LogP contribution in [0.2, 0.25) is 0 Å². The molecule has 1 aromatic carbocycles. The molecular formula is C21H26N2O6. The van der Waals surface area contributed by atoms with E-state index in [1.165, 1.54) is 7.11 Å². The largest absolute Gasteiger partial charge is 0.497 e. The van der Waals surface area contributed by atoms with Crippen LogP contribution in [0.5, 0.6) is 5.75 Å². The van der Waals surface area contributed by atoms with E-state index in [9.17, 15) is 14.4 Å². The quantitative estimate of drug-likeness (QED) is 0.379. The van der Waals surface area contributed by atoms with Crippen LogP contribution in [-0.4, -0.2) is 56.1 Å². The zero-order valence-electron chi connectivity index (χ0n) is 17.3. The molecule has 8 nitrogen and oxygen atoms in total. The summed E-state index contributed by atoms with van der Waals surface area (Å²) in [6.45, 7) is 5.53. The van der Waals surface area contributed by atoms with Crippen molar-refractivity contribution >= 4 is 17.7 Å². The minimum Gasteiger partial charge on any atom is -0.497 e. The molecular weight excluding hydrogens is 376 g/mol. The van der Waals surface area contributed by atoms with Gasteiger partial charge in [0.2, 0.25) is 0 Å². The van der Waals surface area contributed by atoms with Gasteiger partial charge in [-0.25, -0.2) is 4.79 Å². The third-order valence-electron chi connectivity index (χ3n) is 4.27. The number of Topliss-reactive ketones (excluding diaryl/α,β-unsaturated/α-hetero) is 1. The summed E-state index contributed by atoms with van der Waals surface area (Å²) < 4.78 is 15.3. The molecule has 0 spiro atoms. The van der Waals surface area contributed by atoms with Crippen molar-refractivity contribution < 1.29 is 28.6 Å². The van der Waals surface area contributed by atoms with Gasteiger partial charge in [-0.15, -0.1) is 0 Å². The van der Waals surface area contributed by atoms with E-state index < -0.39 is 17.7 Å². The third kappa shape index (κ3) is 5.03. The Bertz CT molecular complexity index is 885. The Balaban J connectivity index is 2.53. The lowest BCUT2D eigenvalue weighted by molar-refractivity contribution is -0.117. The van der Waals surface area contributed by atoms with Crippen LogP contribution in [0, 0.1) is 6.92 Å². The average molecular weight is 402 g/mol. The van der Waals surface area contributed by atoms with Crippen LogP contribution < -0.4 is 10.1 Å². The lowest BCUT2D eigenvalue weighted by atomic mass is 9.98. The molecule has 1 aromatic heterocycles. The van der Waals surface area contributed by atoms with Gasteiger partial charge in [0.05, 0.1) is 25.9 Å². The van der Waals surface area contributed by atoms with Gasteiger partial charge >= 0.3 is 5.97 Å². The molecule has 156 valence electrons. The summed E-state index contributed by atoms with van der Waals surface area (Å²) in [5.41, 5.74) is 1.59. The van der Waals surface area contributed by atoms with Crippen LogP contribution in [-0.2, 0) is 14.3 Å². The number of hydrogen-bond acceptors (Lipinski definition) is 6. The summed E-state index contributed by atoms with van der Waals surface area (Å²) in [5.74, 6) is -1.52. The van der Waals surface area contributed by atoms with E-state index in [0.717, 1.165) is 0 Å². The number of nitrogens with one attached hydrogen (secondary N) is 2. The summed E-state index contributed by atoms with van der Waals surface area (Å²) in [7, 11) is 3.05. The lowest BCUT2D eigenvalue weighted by Crippen LogP contribution is -2.40. The number of carbonyl (C=O) groups excluding carboxylic acids is 3. The van der Waals surface area contributed by atoms with Gasteiger partial charge < -0.3 is 24.5 Å². The van der Waals surface area contributed by atoms with E-state index >= 15 is 0 Å². The van der Waals surface area contributed by atoms with Gasteiger partial charge in [0.25, 0.3) is 11.7 Å². The molecule has 2 rings (SSSR count). The Morgan fingerprint density at radius 1 is 1.14 bits per heavy atom. The maximum atomic E-state index is 12.9. The molecule has 0 bridgehead atoms. The first-order chi connectivity index (χ1) is 13.8. The van der Waals surface area contributed by atoms with Gasteiger partial charge in [-0.3, -0.25) is 9.59 Å². The smallest absolute Gasteiger partial charge is 0.340 e. The fourth-order valence-electron chi connectivity index (χ4n) is 2.99. The van der Waals surface area contributed by atoms with Crippen LogP contribution in [0.3, 0.4) is 0 Å². The predicted octanol–water partition coefficient (Wildman–Crippen LogP) is 2.51. The predicted molar refractivity (Wildman–Crippen MR) is 107 cm³/mol. The Kier molecular flexibility index (Phi) is 7.55. The Morgan fingerprint density at radius 3 is 2.34 bits per heavy atom. The summed E-state index contributed by atoms with van der Waals surface area (Å²) >= 11 is 0. The first-order valence-electron chi connectivity index (χ1n) is 9.22. The topological polar surface area (TPSA) is 107 Å². The normalized spacial score (nSPS) is 11.6. The highest BCUT2D eigenvalue weighted by atomic mass is 16.5. The van der Waals surface area contributed by atoms with Crippen molar-refractivity contribution in [2.24, 2.45) is 0 Å². The standard InChI is InChI=1S/C21H26N2O6/c1-6-29-21(26)16-13(3)23-18(19(24)20(25)22-12(2)11-27-4)17(16)14-7-9-15(28-5)10-8-14/h7-10,12,23H,6,11H2,1-5H3,(H,22,25)/t12-/m1/s1. The minimum atomic E-state index is -0.791. The summed E-state index contributed by atoms with van der Waals surface area (Å²) in [4.78, 5) is 40.8. The van der Waals surface area contributed by atoms with Gasteiger partial charge in [0.15, 0.2) is 0 Å². The van der Waals surface area contributed by atoms with Gasteiger partial charge in [-0.2, -0.15) is 0 Å². The van der Waals surface area contributed by atoms with Crippen molar-refractivity contribution in [1.82, 2.24) is 10.3 Å². The van der Waals surface area contributed by atoms with Crippen LogP contribution in [0.4, 0.5) is 0 Å². The number of rotatable bonds is 9. The van der Waals surface area contributed by atoms with E-state index in [4.69, 9.17) is 14.2 Å². The minimum absolute atomic E-state index is 0.0258. The van der Waals surface area contributed by atoms with Gasteiger partial charge in [-0.05, 0) is 38.5 Å². The maximum Gasteiger partial charge on any atom is 0.340 e. The number of aromatic amines is 1. The second kappa shape index (κ2) is 9.88. The highest BCUT2D eigenvalue weighted by molar-refractivity contribution is 6.44. The molecule has 0 saturated heterocycles. The molecule has 8 heteroatoms. The summed E-state index contributed by atoms with van der Waals surface area (Å²) in [5, 5.41) is 2.59. The number of carbonyl (C=O) groups is 3. The van der Waals surface area contributed by atoms with Crippen molar-refractivity contribution in [2.45, 2.75) is 26.8 Å². The fourth-order valence-corrected chi connectivity index (χ4v) is 2.99. The number of ketones is 1. The zero-order chi connectivity index (χ0) is 21.6. The summed E-state index contributed by atoms with van der Waals surface area (Å²) in [6.07, 6.45) is 0. The molecule has 1 heterocycles. The SMILES string of the molecule is CCOC(=O)c1c(C)[nH]c(C(=O)C(=O)N[C@H](C)COC)c1-c1ccc(OC)cc1. The number of H-pyrrole nitrogens is 1. The highest BCUT2D eigenvalue weighted by Crippen LogP contribution is 2.32. The fraction of sp³-hybridized carbons (Fsp3) is 0.381. The number of benzene rings is 1. The van der Waals surface area contributed by atoms with Crippen LogP contribution >= 0.6 is 0 Å². The molecule has 0 unspecified atom stereocenters. The molecule has 0 aliphatic heterocycles. The second-order valence-corrected chi connectivity index (χ2v) is 6.48. The molecule has 2 aromatic rings. The third-order valence-corrected chi connectivity index (χ3v) is 4.27. The van der Waals surface area contributed by atoms with Crippen molar-refractivity contribution in [1.29, 1.82) is 0 Å². The van der Waals surface area contributed by atoms with E-state index in [1.807, 2.05) is 0 Å². The maximum absolute atomic E-state index is 12.9. The molecule has 0 fully saturated rings. The Morgan fingerprint density at radius 2 is 1.79 bits per heavy atom. The van der Waals surface area contributed by atoms with Gasteiger partial charge in [0, 0.05) is 24.4 Å². The molecule has 29 heavy (non-hydrogen) atoms. The van der Waals surface area contributed by atoms with Gasteiger partial charge in [0.1, 0.15) is 11.4 Å². The number of ether oxygens (including phenoxy) is 3. The average Bonchev–Trinajstić information content (AvgIpc) is 3.04. The first-order valence-corrected chi connectivity index (χ1v) is 9.22. The molecule has 0 radical (unpaired) electrons.